The molecule has 1 aliphatic heterocycles. The molecule has 5 heteroatoms. The Morgan fingerprint density at radius 1 is 1.33 bits per heavy atom. The number of ether oxygens (including phenoxy) is 1. The molecule has 2 heterocycles. The third kappa shape index (κ3) is 4.03. The molecule has 5 nitrogen and oxygen atoms in total. The number of piperidine rings is 1. The van der Waals surface area contributed by atoms with Crippen molar-refractivity contribution in [3.8, 4) is 5.88 Å². The average molecular weight is 326 g/mol. The molecule has 128 valence electrons. The molecule has 1 aliphatic rings. The summed E-state index contributed by atoms with van der Waals surface area (Å²) in [5.74, 6) is 1.34. The molecule has 0 amide bonds. The molecule has 2 aromatic rings. The fourth-order valence-corrected chi connectivity index (χ4v) is 3.34. The lowest BCUT2D eigenvalue weighted by atomic mass is 10.0. The number of aryl methyl sites for hydroxylation is 1. The Morgan fingerprint density at radius 2 is 2.21 bits per heavy atom. The minimum Gasteiger partial charge on any atom is -0.481 e. The van der Waals surface area contributed by atoms with Crippen LogP contribution in [0.25, 0.3) is 0 Å². The zero-order chi connectivity index (χ0) is 16.9. The number of methoxy groups -OCH3 is 1. The summed E-state index contributed by atoms with van der Waals surface area (Å²) >= 11 is 0. The first-order valence-corrected chi connectivity index (χ1v) is 8.53. The second-order valence-electron chi connectivity index (χ2n) is 6.53. The summed E-state index contributed by atoms with van der Waals surface area (Å²) in [5, 5.41) is 0. The van der Waals surface area contributed by atoms with E-state index in [0.717, 1.165) is 25.6 Å². The Hall–Kier alpha value is -2.14. The van der Waals surface area contributed by atoms with E-state index < -0.39 is 0 Å². The van der Waals surface area contributed by atoms with E-state index in [9.17, 15) is 0 Å². The highest BCUT2D eigenvalue weighted by molar-refractivity contribution is 5.32. The minimum absolute atomic E-state index is 0.427. The van der Waals surface area contributed by atoms with E-state index in [4.69, 9.17) is 4.74 Å². The zero-order valence-corrected chi connectivity index (χ0v) is 14.8. The van der Waals surface area contributed by atoms with Crippen LogP contribution in [0.2, 0.25) is 0 Å². The Bertz CT molecular complexity index is 676. The van der Waals surface area contributed by atoms with Crippen LogP contribution in [0.5, 0.6) is 5.88 Å². The fraction of sp³-hybridized carbons (Fsp3) is 0.474. The van der Waals surface area contributed by atoms with E-state index in [-0.39, 0.29) is 0 Å². The van der Waals surface area contributed by atoms with Gasteiger partial charge in [-0.25, -0.2) is 4.98 Å². The van der Waals surface area contributed by atoms with Crippen molar-refractivity contribution < 1.29 is 4.74 Å². The van der Waals surface area contributed by atoms with Crippen molar-refractivity contribution in [3.63, 3.8) is 0 Å². The Labute approximate surface area is 144 Å². The second-order valence-corrected chi connectivity index (χ2v) is 6.53. The monoisotopic (exact) mass is 326 g/mol. The molecule has 0 N–H and O–H groups in total. The smallest absolute Gasteiger partial charge is 0.228 e. The largest absolute Gasteiger partial charge is 0.481 e. The third-order valence-electron chi connectivity index (χ3n) is 4.66. The van der Waals surface area contributed by atoms with Gasteiger partial charge >= 0.3 is 0 Å². The van der Waals surface area contributed by atoms with E-state index in [1.54, 1.807) is 19.4 Å². The van der Waals surface area contributed by atoms with Gasteiger partial charge in [0.05, 0.1) is 7.11 Å². The number of rotatable bonds is 5. The zero-order valence-electron chi connectivity index (χ0n) is 14.8. The number of aromatic nitrogens is 2. The van der Waals surface area contributed by atoms with Crippen LogP contribution in [0.1, 0.15) is 24.0 Å². The molecule has 1 aromatic carbocycles. The van der Waals surface area contributed by atoms with Gasteiger partial charge in [-0.15, -0.1) is 0 Å². The quantitative estimate of drug-likeness (QED) is 0.845. The van der Waals surface area contributed by atoms with Gasteiger partial charge in [0.25, 0.3) is 0 Å². The van der Waals surface area contributed by atoms with Crippen molar-refractivity contribution >= 4 is 5.95 Å². The normalized spacial score (nSPS) is 18.4. The fourth-order valence-electron chi connectivity index (χ4n) is 3.34. The van der Waals surface area contributed by atoms with Gasteiger partial charge in [-0.3, -0.25) is 4.90 Å². The Balaban J connectivity index is 1.66. The van der Waals surface area contributed by atoms with Crippen LogP contribution >= 0.6 is 0 Å². The van der Waals surface area contributed by atoms with E-state index in [1.807, 2.05) is 0 Å². The van der Waals surface area contributed by atoms with E-state index in [2.05, 4.69) is 58.0 Å². The highest BCUT2D eigenvalue weighted by Gasteiger charge is 2.25. The van der Waals surface area contributed by atoms with Gasteiger partial charge in [-0.05, 0) is 31.9 Å². The van der Waals surface area contributed by atoms with E-state index >= 15 is 0 Å². The SMILES string of the molecule is COc1ccnc(N(C)C2CCCN(Cc3cccc(C)c3)C2)n1. The van der Waals surface area contributed by atoms with Gasteiger partial charge < -0.3 is 9.64 Å². The number of anilines is 1. The lowest BCUT2D eigenvalue weighted by Gasteiger charge is -2.37. The Kier molecular flexibility index (Phi) is 5.30. The van der Waals surface area contributed by atoms with Crippen LogP contribution in [0.3, 0.4) is 0 Å². The summed E-state index contributed by atoms with van der Waals surface area (Å²) in [6.07, 6.45) is 4.12. The summed E-state index contributed by atoms with van der Waals surface area (Å²) < 4.78 is 5.22. The maximum atomic E-state index is 5.22. The summed E-state index contributed by atoms with van der Waals surface area (Å²) in [5.41, 5.74) is 2.71. The predicted octanol–water partition coefficient (Wildman–Crippen LogP) is 2.89. The lowest BCUT2D eigenvalue weighted by molar-refractivity contribution is 0.198. The molecule has 0 aliphatic carbocycles. The van der Waals surface area contributed by atoms with Gasteiger partial charge in [0.1, 0.15) is 0 Å². The molecular formula is C19H26N4O. The van der Waals surface area contributed by atoms with Crippen LogP contribution in [-0.4, -0.2) is 48.2 Å². The predicted molar refractivity (Wildman–Crippen MR) is 96.5 cm³/mol. The van der Waals surface area contributed by atoms with Crippen molar-refractivity contribution in [3.05, 3.63) is 47.7 Å². The van der Waals surface area contributed by atoms with Crippen molar-refractivity contribution in [1.29, 1.82) is 0 Å². The summed E-state index contributed by atoms with van der Waals surface area (Å²) in [6, 6.07) is 11.0. The molecule has 1 saturated heterocycles. The van der Waals surface area contributed by atoms with Crippen LogP contribution < -0.4 is 9.64 Å². The molecule has 3 rings (SSSR count). The van der Waals surface area contributed by atoms with Crippen molar-refractivity contribution in [2.24, 2.45) is 0 Å². The van der Waals surface area contributed by atoms with Crippen LogP contribution in [0.4, 0.5) is 5.95 Å². The first kappa shape index (κ1) is 16.7. The number of hydrogen-bond acceptors (Lipinski definition) is 5. The number of benzene rings is 1. The van der Waals surface area contributed by atoms with E-state index in [1.165, 1.54) is 24.0 Å². The molecule has 1 atom stereocenters. The summed E-state index contributed by atoms with van der Waals surface area (Å²) in [4.78, 5) is 13.6. The molecule has 0 bridgehead atoms. The average Bonchev–Trinajstić information content (AvgIpc) is 2.61. The molecule has 1 aromatic heterocycles. The van der Waals surface area contributed by atoms with Crippen LogP contribution in [0.15, 0.2) is 36.5 Å². The number of hydrogen-bond donors (Lipinski definition) is 0. The maximum Gasteiger partial charge on any atom is 0.228 e. The van der Waals surface area contributed by atoms with Crippen molar-refractivity contribution in [1.82, 2.24) is 14.9 Å². The third-order valence-corrected chi connectivity index (χ3v) is 4.66. The minimum atomic E-state index is 0.427. The maximum absolute atomic E-state index is 5.22. The molecule has 0 saturated carbocycles. The molecule has 1 unspecified atom stereocenters. The number of likely N-dealkylation sites (tertiary alicyclic amines) is 1. The summed E-state index contributed by atoms with van der Waals surface area (Å²) in [6.45, 7) is 5.34. The number of nitrogens with zero attached hydrogens (tertiary/aromatic N) is 4. The first-order chi connectivity index (χ1) is 11.7. The van der Waals surface area contributed by atoms with Gasteiger partial charge in [0.15, 0.2) is 0 Å². The van der Waals surface area contributed by atoms with Gasteiger partial charge in [0, 0.05) is 38.4 Å². The van der Waals surface area contributed by atoms with Gasteiger partial charge in [0.2, 0.25) is 11.8 Å². The lowest BCUT2D eigenvalue weighted by Crippen LogP contribution is -2.46. The molecule has 0 radical (unpaired) electrons. The number of likely N-dealkylation sites (N-methyl/N-ethyl adjacent to an activating group) is 1. The van der Waals surface area contributed by atoms with Gasteiger partial charge in [-0.1, -0.05) is 29.8 Å². The van der Waals surface area contributed by atoms with Crippen LogP contribution in [0, 0.1) is 6.92 Å². The standard InChI is InChI=1S/C19H26N4O/c1-15-6-4-7-16(12-15)13-23-11-5-8-17(14-23)22(2)19-20-10-9-18(21-19)24-3/h4,6-7,9-10,12,17H,5,8,11,13-14H2,1-3H3. The second kappa shape index (κ2) is 7.62. The highest BCUT2D eigenvalue weighted by Crippen LogP contribution is 2.21. The molecular weight excluding hydrogens is 300 g/mol. The molecule has 24 heavy (non-hydrogen) atoms. The van der Waals surface area contributed by atoms with Crippen molar-refractivity contribution in [2.45, 2.75) is 32.4 Å². The Morgan fingerprint density at radius 3 is 3.00 bits per heavy atom. The van der Waals surface area contributed by atoms with Gasteiger partial charge in [-0.2, -0.15) is 4.98 Å². The first-order valence-electron chi connectivity index (χ1n) is 8.53. The van der Waals surface area contributed by atoms with E-state index in [0.29, 0.717) is 11.9 Å². The molecule has 0 spiro atoms. The van der Waals surface area contributed by atoms with Crippen molar-refractivity contribution in [2.75, 3.05) is 32.1 Å². The highest BCUT2D eigenvalue weighted by atomic mass is 16.5. The topological polar surface area (TPSA) is 41.5 Å². The molecule has 1 fully saturated rings. The van der Waals surface area contributed by atoms with Crippen LogP contribution in [-0.2, 0) is 6.54 Å². The summed E-state index contributed by atoms with van der Waals surface area (Å²) in [7, 11) is 3.71.